The lowest BCUT2D eigenvalue weighted by Crippen LogP contribution is -2.30. The van der Waals surface area contributed by atoms with Crippen LogP contribution in [0.15, 0.2) is 36.4 Å². The van der Waals surface area contributed by atoms with Gasteiger partial charge in [0, 0.05) is 13.1 Å². The van der Waals surface area contributed by atoms with E-state index < -0.39 is 17.5 Å². The first-order valence-corrected chi connectivity index (χ1v) is 8.56. The highest BCUT2D eigenvalue weighted by Gasteiger charge is 2.26. The predicted octanol–water partition coefficient (Wildman–Crippen LogP) is 3.23. The van der Waals surface area contributed by atoms with E-state index in [9.17, 15) is 23.1 Å². The van der Waals surface area contributed by atoms with Gasteiger partial charge in [0.1, 0.15) is 0 Å². The molecule has 2 aromatic rings. The SMILES string of the molecule is O=C(Cc1cc(F)c(F)c(F)c1)N1CC[C@@H](Cc2cccc(CO)c2)C1. The van der Waals surface area contributed by atoms with Gasteiger partial charge in [0.15, 0.2) is 17.5 Å². The topological polar surface area (TPSA) is 40.5 Å². The average molecular weight is 363 g/mol. The molecule has 138 valence electrons. The van der Waals surface area contributed by atoms with Crippen LogP contribution in [-0.4, -0.2) is 29.0 Å². The quantitative estimate of drug-likeness (QED) is 0.829. The maximum Gasteiger partial charge on any atom is 0.227 e. The first kappa shape index (κ1) is 18.5. The zero-order valence-electron chi connectivity index (χ0n) is 14.2. The minimum Gasteiger partial charge on any atom is -0.392 e. The third-order valence-corrected chi connectivity index (χ3v) is 4.74. The summed E-state index contributed by atoms with van der Waals surface area (Å²) in [5, 5.41) is 9.20. The monoisotopic (exact) mass is 363 g/mol. The zero-order chi connectivity index (χ0) is 18.7. The molecule has 1 aliphatic rings. The fourth-order valence-electron chi connectivity index (χ4n) is 3.41. The molecular formula is C20H20F3NO2. The van der Waals surface area contributed by atoms with Crippen LogP contribution >= 0.6 is 0 Å². The second kappa shape index (κ2) is 7.91. The molecule has 26 heavy (non-hydrogen) atoms. The van der Waals surface area contributed by atoms with Crippen molar-refractivity contribution in [3.63, 3.8) is 0 Å². The summed E-state index contributed by atoms with van der Waals surface area (Å²) >= 11 is 0. The number of likely N-dealkylation sites (tertiary alicyclic amines) is 1. The van der Waals surface area contributed by atoms with E-state index in [1.54, 1.807) is 4.90 Å². The van der Waals surface area contributed by atoms with E-state index in [4.69, 9.17) is 0 Å². The van der Waals surface area contributed by atoms with Gasteiger partial charge in [-0.2, -0.15) is 0 Å². The molecule has 3 rings (SSSR count). The highest BCUT2D eigenvalue weighted by Crippen LogP contribution is 2.23. The molecule has 0 unspecified atom stereocenters. The van der Waals surface area contributed by atoms with Gasteiger partial charge in [-0.05, 0) is 47.6 Å². The van der Waals surface area contributed by atoms with Crippen molar-refractivity contribution in [3.8, 4) is 0 Å². The van der Waals surface area contributed by atoms with E-state index in [0.29, 0.717) is 19.0 Å². The normalized spacial score (nSPS) is 16.9. The molecule has 0 bridgehead atoms. The number of hydrogen-bond acceptors (Lipinski definition) is 2. The Labute approximate surface area is 150 Å². The molecule has 1 aliphatic heterocycles. The highest BCUT2D eigenvalue weighted by molar-refractivity contribution is 5.79. The van der Waals surface area contributed by atoms with E-state index in [1.165, 1.54) is 0 Å². The van der Waals surface area contributed by atoms with E-state index in [2.05, 4.69) is 0 Å². The van der Waals surface area contributed by atoms with E-state index >= 15 is 0 Å². The minimum absolute atomic E-state index is 0.00604. The van der Waals surface area contributed by atoms with Gasteiger partial charge in [0.2, 0.25) is 5.91 Å². The summed E-state index contributed by atoms with van der Waals surface area (Å²) in [6, 6.07) is 9.43. The Hall–Kier alpha value is -2.34. The fourth-order valence-corrected chi connectivity index (χ4v) is 3.41. The number of halogens is 3. The molecule has 1 saturated heterocycles. The Kier molecular flexibility index (Phi) is 5.61. The molecule has 1 amide bonds. The van der Waals surface area contributed by atoms with Gasteiger partial charge >= 0.3 is 0 Å². The van der Waals surface area contributed by atoms with Crippen LogP contribution in [0.3, 0.4) is 0 Å². The molecule has 0 aliphatic carbocycles. The van der Waals surface area contributed by atoms with Crippen molar-refractivity contribution in [2.75, 3.05) is 13.1 Å². The molecule has 2 aromatic carbocycles. The van der Waals surface area contributed by atoms with Crippen LogP contribution in [0.1, 0.15) is 23.1 Å². The smallest absolute Gasteiger partial charge is 0.227 e. The summed E-state index contributed by atoms with van der Waals surface area (Å²) in [7, 11) is 0. The van der Waals surface area contributed by atoms with Crippen molar-refractivity contribution in [1.29, 1.82) is 0 Å². The maximum atomic E-state index is 13.3. The number of aliphatic hydroxyl groups excluding tert-OH is 1. The Balaban J connectivity index is 1.58. The van der Waals surface area contributed by atoms with Crippen LogP contribution in [0, 0.1) is 23.4 Å². The lowest BCUT2D eigenvalue weighted by atomic mass is 9.97. The molecule has 6 heteroatoms. The van der Waals surface area contributed by atoms with Crippen molar-refractivity contribution >= 4 is 5.91 Å². The second-order valence-corrected chi connectivity index (χ2v) is 6.73. The summed E-state index contributed by atoms with van der Waals surface area (Å²) in [5.74, 6) is -4.00. The third-order valence-electron chi connectivity index (χ3n) is 4.74. The largest absolute Gasteiger partial charge is 0.392 e. The van der Waals surface area contributed by atoms with Gasteiger partial charge in [-0.1, -0.05) is 24.3 Å². The van der Waals surface area contributed by atoms with Crippen LogP contribution in [0.25, 0.3) is 0 Å². The lowest BCUT2D eigenvalue weighted by Gasteiger charge is -2.17. The molecule has 0 saturated carbocycles. The van der Waals surface area contributed by atoms with E-state index in [-0.39, 0.29) is 24.5 Å². The molecule has 1 fully saturated rings. The number of carbonyl (C=O) groups is 1. The first-order chi connectivity index (χ1) is 12.5. The maximum absolute atomic E-state index is 13.3. The number of hydrogen-bond donors (Lipinski definition) is 1. The summed E-state index contributed by atoms with van der Waals surface area (Å²) < 4.78 is 39.6. The number of nitrogens with zero attached hydrogens (tertiary/aromatic N) is 1. The van der Waals surface area contributed by atoms with E-state index in [1.807, 2.05) is 24.3 Å². The van der Waals surface area contributed by atoms with Crippen LogP contribution in [0.5, 0.6) is 0 Å². The molecule has 1 atom stereocenters. The second-order valence-electron chi connectivity index (χ2n) is 6.73. The summed E-state index contributed by atoms with van der Waals surface area (Å²) in [6.45, 7) is 1.16. The highest BCUT2D eigenvalue weighted by atomic mass is 19.2. The van der Waals surface area contributed by atoms with Crippen LogP contribution in [0.2, 0.25) is 0 Å². The summed E-state index contributed by atoms with van der Waals surface area (Å²) in [6.07, 6.45) is 1.50. The number of amides is 1. The van der Waals surface area contributed by atoms with Gasteiger partial charge < -0.3 is 10.0 Å². The number of benzene rings is 2. The Bertz CT molecular complexity index is 786. The molecular weight excluding hydrogens is 343 g/mol. The van der Waals surface area contributed by atoms with Gasteiger partial charge in [0.05, 0.1) is 13.0 Å². The average Bonchev–Trinajstić information content (AvgIpc) is 3.08. The van der Waals surface area contributed by atoms with Gasteiger partial charge in [-0.3, -0.25) is 4.79 Å². The van der Waals surface area contributed by atoms with E-state index in [0.717, 1.165) is 36.1 Å². The molecule has 1 heterocycles. The van der Waals surface area contributed by atoms with Crippen molar-refractivity contribution in [1.82, 2.24) is 4.90 Å². The number of carbonyl (C=O) groups excluding carboxylic acids is 1. The van der Waals surface area contributed by atoms with Crippen molar-refractivity contribution in [2.24, 2.45) is 5.92 Å². The summed E-state index contributed by atoms with van der Waals surface area (Å²) in [4.78, 5) is 14.1. The van der Waals surface area contributed by atoms with Crippen LogP contribution < -0.4 is 0 Å². The first-order valence-electron chi connectivity index (χ1n) is 8.56. The molecule has 0 spiro atoms. The zero-order valence-corrected chi connectivity index (χ0v) is 14.2. The minimum atomic E-state index is -1.52. The summed E-state index contributed by atoms with van der Waals surface area (Å²) in [5.41, 5.74) is 2.10. The molecule has 1 N–H and O–H groups in total. The van der Waals surface area contributed by atoms with Crippen molar-refractivity contribution in [3.05, 3.63) is 70.5 Å². The lowest BCUT2D eigenvalue weighted by molar-refractivity contribution is -0.129. The van der Waals surface area contributed by atoms with Crippen LogP contribution in [-0.2, 0) is 24.2 Å². The van der Waals surface area contributed by atoms with Gasteiger partial charge in [-0.15, -0.1) is 0 Å². The standard InChI is InChI=1S/C20H20F3NO2/c21-17-8-16(9-18(22)20(17)23)10-19(26)24-5-4-14(11-24)6-13-2-1-3-15(7-13)12-25/h1-3,7-9,14,25H,4-6,10-12H2/t14-/m0/s1. The van der Waals surface area contributed by atoms with Gasteiger partial charge in [-0.25, -0.2) is 13.2 Å². The van der Waals surface area contributed by atoms with Crippen molar-refractivity contribution < 1.29 is 23.1 Å². The number of rotatable bonds is 5. The third kappa shape index (κ3) is 4.25. The number of aliphatic hydroxyl groups is 1. The molecule has 3 nitrogen and oxygen atoms in total. The molecule has 0 radical (unpaired) electrons. The predicted molar refractivity (Wildman–Crippen MR) is 90.8 cm³/mol. The Morgan fingerprint density at radius 3 is 2.46 bits per heavy atom. The van der Waals surface area contributed by atoms with Crippen LogP contribution in [0.4, 0.5) is 13.2 Å². The Morgan fingerprint density at radius 2 is 1.77 bits per heavy atom. The fraction of sp³-hybridized carbons (Fsp3) is 0.350. The molecule has 0 aromatic heterocycles. The van der Waals surface area contributed by atoms with Gasteiger partial charge in [0.25, 0.3) is 0 Å². The van der Waals surface area contributed by atoms with Crippen molar-refractivity contribution in [2.45, 2.75) is 25.9 Å². The Morgan fingerprint density at radius 1 is 1.08 bits per heavy atom.